The molecule has 1 fully saturated rings. The zero-order valence-corrected chi connectivity index (χ0v) is 17.9. The second-order valence-corrected chi connectivity index (χ2v) is 8.77. The zero-order valence-electron chi connectivity index (χ0n) is 17.1. The number of rotatable bonds is 8. The summed E-state index contributed by atoms with van der Waals surface area (Å²) >= 11 is 0. The Morgan fingerprint density at radius 2 is 1.93 bits per heavy atom. The fraction of sp³-hybridized carbons (Fsp3) is 0.778. The van der Waals surface area contributed by atoms with Gasteiger partial charge in [-0.3, -0.25) is 14.4 Å². The predicted molar refractivity (Wildman–Crippen MR) is 103 cm³/mol. The number of hydrogen-bond acceptors (Lipinski definition) is 6. The van der Waals surface area contributed by atoms with E-state index in [1.54, 1.807) is 18.5 Å². The number of carbonyl (C=O) groups excluding carboxylic acids is 1. The van der Waals surface area contributed by atoms with Gasteiger partial charge in [0.05, 0.1) is 30.6 Å². The summed E-state index contributed by atoms with van der Waals surface area (Å²) in [6.07, 6.45) is 1.74. The third-order valence-electron chi connectivity index (χ3n) is 5.08. The van der Waals surface area contributed by atoms with Crippen LogP contribution in [0.5, 0.6) is 0 Å². The molecule has 2 rings (SSSR count). The molecular weight excluding hydrogens is 368 g/mol. The number of aryl methyl sites for hydroxylation is 1. The number of carbonyl (C=O) groups is 1. The van der Waals surface area contributed by atoms with E-state index in [4.69, 9.17) is 4.74 Å². The SMILES string of the molecule is CCOC(=O)[C@@H]1CCCN(Cn2nc(C)c(S(=O)(=O)N(CC)CC)c2C)C1. The quantitative estimate of drug-likeness (QED) is 0.618. The summed E-state index contributed by atoms with van der Waals surface area (Å²) < 4.78 is 34.2. The fourth-order valence-electron chi connectivity index (χ4n) is 3.71. The average molecular weight is 401 g/mol. The fourth-order valence-corrected chi connectivity index (χ4v) is 5.54. The van der Waals surface area contributed by atoms with Gasteiger partial charge >= 0.3 is 5.97 Å². The third kappa shape index (κ3) is 4.70. The lowest BCUT2D eigenvalue weighted by Gasteiger charge is -2.31. The van der Waals surface area contributed by atoms with Crippen LogP contribution in [0.15, 0.2) is 4.90 Å². The second-order valence-electron chi connectivity index (χ2n) is 6.90. The number of nitrogens with zero attached hydrogens (tertiary/aromatic N) is 4. The Morgan fingerprint density at radius 3 is 2.52 bits per heavy atom. The van der Waals surface area contributed by atoms with Gasteiger partial charge in [0.1, 0.15) is 4.90 Å². The first kappa shape index (κ1) is 21.8. The number of esters is 1. The third-order valence-corrected chi connectivity index (χ3v) is 7.38. The summed E-state index contributed by atoms with van der Waals surface area (Å²) in [7, 11) is -3.56. The van der Waals surface area contributed by atoms with E-state index in [1.165, 1.54) is 4.31 Å². The summed E-state index contributed by atoms with van der Waals surface area (Å²) in [6.45, 7) is 12.2. The van der Waals surface area contributed by atoms with Crippen molar-refractivity contribution in [1.29, 1.82) is 0 Å². The Kier molecular flexibility index (Phi) is 7.41. The van der Waals surface area contributed by atoms with Gasteiger partial charge in [-0.05, 0) is 40.2 Å². The molecule has 0 spiro atoms. The lowest BCUT2D eigenvalue weighted by atomic mass is 9.99. The van der Waals surface area contributed by atoms with Crippen LogP contribution >= 0.6 is 0 Å². The zero-order chi connectivity index (χ0) is 20.2. The van der Waals surface area contributed by atoms with E-state index in [0.717, 1.165) is 19.4 Å². The lowest BCUT2D eigenvalue weighted by molar-refractivity contribution is -0.150. The van der Waals surface area contributed by atoms with Crippen molar-refractivity contribution in [3.8, 4) is 0 Å². The van der Waals surface area contributed by atoms with Crippen LogP contribution in [0.25, 0.3) is 0 Å². The Hall–Kier alpha value is -1.45. The van der Waals surface area contributed by atoms with Crippen molar-refractivity contribution in [2.24, 2.45) is 5.92 Å². The first-order valence-electron chi connectivity index (χ1n) is 9.69. The molecule has 0 amide bonds. The molecule has 0 N–H and O–H groups in total. The van der Waals surface area contributed by atoms with E-state index in [1.807, 2.05) is 20.8 Å². The highest BCUT2D eigenvalue weighted by Crippen LogP contribution is 2.25. The van der Waals surface area contributed by atoms with Crippen LogP contribution in [0.4, 0.5) is 0 Å². The summed E-state index contributed by atoms with van der Waals surface area (Å²) in [4.78, 5) is 14.5. The van der Waals surface area contributed by atoms with Gasteiger partial charge in [-0.2, -0.15) is 9.40 Å². The minimum absolute atomic E-state index is 0.130. The van der Waals surface area contributed by atoms with Crippen molar-refractivity contribution < 1.29 is 17.9 Å². The summed E-state index contributed by atoms with van der Waals surface area (Å²) in [5, 5.41) is 4.48. The molecule has 27 heavy (non-hydrogen) atoms. The Bertz CT molecular complexity index is 756. The molecule has 1 aliphatic heterocycles. The van der Waals surface area contributed by atoms with Gasteiger partial charge in [-0.25, -0.2) is 8.42 Å². The monoisotopic (exact) mass is 400 g/mol. The minimum Gasteiger partial charge on any atom is -0.466 e. The smallest absolute Gasteiger partial charge is 0.310 e. The van der Waals surface area contributed by atoms with Crippen LogP contribution in [0.3, 0.4) is 0 Å². The number of hydrogen-bond donors (Lipinski definition) is 0. The summed E-state index contributed by atoms with van der Waals surface area (Å²) in [5.41, 5.74) is 1.15. The largest absolute Gasteiger partial charge is 0.466 e. The number of piperidine rings is 1. The number of sulfonamides is 1. The van der Waals surface area contributed by atoms with Crippen molar-refractivity contribution in [2.45, 2.75) is 59.0 Å². The molecule has 1 atom stereocenters. The van der Waals surface area contributed by atoms with Crippen molar-refractivity contribution in [3.05, 3.63) is 11.4 Å². The van der Waals surface area contributed by atoms with E-state index in [0.29, 0.717) is 49.2 Å². The van der Waals surface area contributed by atoms with Crippen LogP contribution in [-0.2, 0) is 26.2 Å². The first-order valence-corrected chi connectivity index (χ1v) is 11.1. The van der Waals surface area contributed by atoms with Gasteiger partial charge in [-0.15, -0.1) is 0 Å². The van der Waals surface area contributed by atoms with Gasteiger partial charge in [0.2, 0.25) is 10.0 Å². The minimum atomic E-state index is -3.56. The predicted octanol–water partition coefficient (Wildman–Crippen LogP) is 1.76. The second kappa shape index (κ2) is 9.16. The molecular formula is C18H32N4O4S. The standard InChI is InChI=1S/C18H32N4O4S/c1-6-21(7-2)27(24,25)17-14(4)19-22(15(17)5)13-20-11-9-10-16(12-20)18(23)26-8-3/h16H,6-13H2,1-5H3/t16-/m1/s1. The highest BCUT2D eigenvalue weighted by atomic mass is 32.2. The Balaban J connectivity index is 2.20. The molecule has 0 bridgehead atoms. The van der Waals surface area contributed by atoms with Crippen LogP contribution in [0.1, 0.15) is 45.0 Å². The van der Waals surface area contributed by atoms with Crippen LogP contribution < -0.4 is 0 Å². The molecule has 1 aromatic rings. The highest BCUT2D eigenvalue weighted by Gasteiger charge is 2.31. The Morgan fingerprint density at radius 1 is 1.26 bits per heavy atom. The molecule has 0 aliphatic carbocycles. The van der Waals surface area contributed by atoms with Gasteiger partial charge in [0.25, 0.3) is 0 Å². The Labute approximate surface area is 162 Å². The molecule has 0 aromatic carbocycles. The molecule has 1 aliphatic rings. The van der Waals surface area contributed by atoms with Gasteiger partial charge < -0.3 is 4.74 Å². The van der Waals surface area contributed by atoms with E-state index in [-0.39, 0.29) is 11.9 Å². The topological polar surface area (TPSA) is 84.7 Å². The number of aromatic nitrogens is 2. The maximum atomic E-state index is 13.0. The maximum absolute atomic E-state index is 13.0. The van der Waals surface area contributed by atoms with E-state index < -0.39 is 10.0 Å². The maximum Gasteiger partial charge on any atom is 0.310 e. The number of ether oxygens (including phenoxy) is 1. The molecule has 154 valence electrons. The van der Waals surface area contributed by atoms with Crippen molar-refractivity contribution in [2.75, 3.05) is 32.8 Å². The average Bonchev–Trinajstić information content (AvgIpc) is 2.90. The van der Waals surface area contributed by atoms with Gasteiger partial charge in [0.15, 0.2) is 0 Å². The van der Waals surface area contributed by atoms with Crippen LogP contribution in [0, 0.1) is 19.8 Å². The first-order chi connectivity index (χ1) is 12.8. The summed E-state index contributed by atoms with van der Waals surface area (Å²) in [5.74, 6) is -0.282. The summed E-state index contributed by atoms with van der Waals surface area (Å²) in [6, 6.07) is 0. The molecule has 0 radical (unpaired) electrons. The molecule has 2 heterocycles. The highest BCUT2D eigenvalue weighted by molar-refractivity contribution is 7.89. The normalized spacial score (nSPS) is 18.8. The van der Waals surface area contributed by atoms with E-state index in [9.17, 15) is 13.2 Å². The lowest BCUT2D eigenvalue weighted by Crippen LogP contribution is -2.40. The van der Waals surface area contributed by atoms with E-state index in [2.05, 4.69) is 10.00 Å². The number of likely N-dealkylation sites (tertiary alicyclic amines) is 1. The van der Waals surface area contributed by atoms with Crippen molar-refractivity contribution in [1.82, 2.24) is 19.0 Å². The van der Waals surface area contributed by atoms with Crippen LogP contribution in [0.2, 0.25) is 0 Å². The molecule has 1 aromatic heterocycles. The molecule has 8 nitrogen and oxygen atoms in total. The van der Waals surface area contributed by atoms with Crippen molar-refractivity contribution >= 4 is 16.0 Å². The molecule has 0 unspecified atom stereocenters. The molecule has 1 saturated heterocycles. The van der Waals surface area contributed by atoms with Gasteiger partial charge in [-0.1, -0.05) is 13.8 Å². The van der Waals surface area contributed by atoms with Crippen molar-refractivity contribution in [3.63, 3.8) is 0 Å². The molecule has 9 heteroatoms. The molecule has 0 saturated carbocycles. The van der Waals surface area contributed by atoms with Gasteiger partial charge in [0, 0.05) is 19.6 Å². The van der Waals surface area contributed by atoms with E-state index >= 15 is 0 Å². The van der Waals surface area contributed by atoms with Crippen LogP contribution in [-0.4, -0.2) is 66.2 Å².